The summed E-state index contributed by atoms with van der Waals surface area (Å²) in [4.78, 5) is 12.3. The molecule has 1 aromatic rings. The number of halogens is 1. The van der Waals surface area contributed by atoms with Crippen molar-refractivity contribution in [2.45, 2.75) is 0 Å². The number of anilines is 1. The Labute approximate surface area is 105 Å². The molecule has 88 valence electrons. The van der Waals surface area contributed by atoms with Gasteiger partial charge in [0.1, 0.15) is 0 Å². The molecule has 0 radical (unpaired) electrons. The Morgan fingerprint density at radius 3 is 2.94 bits per heavy atom. The number of nitrogens with zero attached hydrogens (tertiary/aromatic N) is 1. The summed E-state index contributed by atoms with van der Waals surface area (Å²) in [7, 11) is 1.82. The number of carboxylic acids is 1. The summed E-state index contributed by atoms with van der Waals surface area (Å²) in [6.07, 6.45) is 7.84. The highest BCUT2D eigenvalue weighted by molar-refractivity contribution is 6.31. The van der Waals surface area contributed by atoms with Gasteiger partial charge in [-0.15, -0.1) is 6.42 Å². The van der Waals surface area contributed by atoms with Crippen LogP contribution in [0.2, 0.25) is 5.02 Å². The van der Waals surface area contributed by atoms with Crippen LogP contribution in [0, 0.1) is 12.3 Å². The number of terminal acetylenes is 1. The minimum Gasteiger partial charge on any atom is -0.478 e. The van der Waals surface area contributed by atoms with Crippen LogP contribution in [0.3, 0.4) is 0 Å². The third-order valence-corrected chi connectivity index (χ3v) is 2.37. The van der Waals surface area contributed by atoms with Gasteiger partial charge in [-0.2, -0.15) is 0 Å². The summed E-state index contributed by atoms with van der Waals surface area (Å²) in [5.74, 6) is 1.53. The first kappa shape index (κ1) is 13.1. The average molecular weight is 250 g/mol. The zero-order valence-electron chi connectivity index (χ0n) is 9.35. The number of hydrogen-bond acceptors (Lipinski definition) is 2. The molecule has 1 N–H and O–H groups in total. The number of hydrogen-bond donors (Lipinski definition) is 1. The van der Waals surface area contributed by atoms with Gasteiger partial charge in [-0.25, -0.2) is 4.79 Å². The van der Waals surface area contributed by atoms with Gasteiger partial charge in [0, 0.05) is 23.8 Å². The van der Waals surface area contributed by atoms with Gasteiger partial charge in [0.15, 0.2) is 0 Å². The first-order valence-electron chi connectivity index (χ1n) is 4.89. The van der Waals surface area contributed by atoms with Gasteiger partial charge in [-0.1, -0.05) is 23.6 Å². The third kappa shape index (κ3) is 3.86. The first-order valence-corrected chi connectivity index (χ1v) is 5.27. The van der Waals surface area contributed by atoms with E-state index in [4.69, 9.17) is 23.1 Å². The van der Waals surface area contributed by atoms with Crippen LogP contribution in [0.4, 0.5) is 5.69 Å². The summed E-state index contributed by atoms with van der Waals surface area (Å²) >= 11 is 5.91. The predicted molar refractivity (Wildman–Crippen MR) is 70.2 cm³/mol. The number of carboxylic acid groups (broad SMARTS) is 1. The van der Waals surface area contributed by atoms with Crippen LogP contribution in [0.25, 0.3) is 6.08 Å². The molecule has 17 heavy (non-hydrogen) atoms. The van der Waals surface area contributed by atoms with E-state index in [0.717, 1.165) is 17.3 Å². The van der Waals surface area contributed by atoms with Crippen molar-refractivity contribution in [2.24, 2.45) is 0 Å². The largest absolute Gasteiger partial charge is 0.478 e. The maximum absolute atomic E-state index is 10.5. The molecule has 0 fully saturated rings. The van der Waals surface area contributed by atoms with Gasteiger partial charge in [0.05, 0.1) is 6.54 Å². The summed E-state index contributed by atoms with van der Waals surface area (Å²) in [6.45, 7) is 0.425. The smallest absolute Gasteiger partial charge is 0.328 e. The van der Waals surface area contributed by atoms with Gasteiger partial charge >= 0.3 is 5.97 Å². The maximum Gasteiger partial charge on any atom is 0.328 e. The monoisotopic (exact) mass is 249 g/mol. The van der Waals surface area contributed by atoms with E-state index in [0.29, 0.717) is 11.6 Å². The Hall–Kier alpha value is -1.92. The van der Waals surface area contributed by atoms with Crippen LogP contribution in [-0.2, 0) is 4.79 Å². The van der Waals surface area contributed by atoms with E-state index in [-0.39, 0.29) is 0 Å². The van der Waals surface area contributed by atoms with E-state index in [1.54, 1.807) is 18.2 Å². The molecular formula is C13H12ClNO2. The van der Waals surface area contributed by atoms with Crippen molar-refractivity contribution in [2.75, 3.05) is 18.5 Å². The number of benzene rings is 1. The van der Waals surface area contributed by atoms with E-state index in [9.17, 15) is 4.79 Å². The minimum absolute atomic E-state index is 0.425. The van der Waals surface area contributed by atoms with Crippen molar-refractivity contribution in [3.05, 3.63) is 34.9 Å². The number of rotatable bonds is 4. The highest BCUT2D eigenvalue weighted by atomic mass is 35.5. The Morgan fingerprint density at radius 2 is 2.35 bits per heavy atom. The molecule has 0 unspecified atom stereocenters. The Bertz CT molecular complexity index is 489. The number of carbonyl (C=O) groups is 1. The van der Waals surface area contributed by atoms with Crippen molar-refractivity contribution in [3.8, 4) is 12.3 Å². The molecular weight excluding hydrogens is 238 g/mol. The van der Waals surface area contributed by atoms with Gasteiger partial charge < -0.3 is 10.0 Å². The first-order chi connectivity index (χ1) is 8.04. The van der Waals surface area contributed by atoms with Crippen molar-refractivity contribution in [1.82, 2.24) is 0 Å². The average Bonchev–Trinajstić information content (AvgIpc) is 2.27. The lowest BCUT2D eigenvalue weighted by atomic mass is 10.1. The minimum atomic E-state index is -0.995. The standard InChI is InChI=1S/C13H12ClNO2/c1-3-8-15(2)12-9-11(14)6-4-10(12)5-7-13(16)17/h1,4-7,9H,8H2,2H3,(H,16,17)/b7-5+. The molecule has 0 saturated heterocycles. The van der Waals surface area contributed by atoms with E-state index in [1.165, 1.54) is 6.08 Å². The normalized spacial score (nSPS) is 10.2. The second-order valence-corrected chi connectivity index (χ2v) is 3.87. The van der Waals surface area contributed by atoms with E-state index in [1.807, 2.05) is 11.9 Å². The van der Waals surface area contributed by atoms with Crippen molar-refractivity contribution in [3.63, 3.8) is 0 Å². The molecule has 0 spiro atoms. The van der Waals surface area contributed by atoms with Crippen LogP contribution < -0.4 is 4.90 Å². The molecule has 0 heterocycles. The fourth-order valence-electron chi connectivity index (χ4n) is 1.37. The van der Waals surface area contributed by atoms with Crippen molar-refractivity contribution in [1.29, 1.82) is 0 Å². The quantitative estimate of drug-likeness (QED) is 0.658. The van der Waals surface area contributed by atoms with E-state index >= 15 is 0 Å². The SMILES string of the molecule is C#CCN(C)c1cc(Cl)ccc1/C=C/C(=O)O. The fraction of sp³-hybridized carbons (Fsp3) is 0.154. The summed E-state index contributed by atoms with van der Waals surface area (Å²) in [5.41, 5.74) is 1.56. The van der Waals surface area contributed by atoms with E-state index in [2.05, 4.69) is 5.92 Å². The molecule has 0 bridgehead atoms. The highest BCUT2D eigenvalue weighted by Crippen LogP contribution is 2.25. The second-order valence-electron chi connectivity index (χ2n) is 3.43. The molecule has 0 aromatic heterocycles. The fourth-order valence-corrected chi connectivity index (χ4v) is 1.54. The lowest BCUT2D eigenvalue weighted by molar-refractivity contribution is -0.131. The molecule has 0 atom stereocenters. The lowest BCUT2D eigenvalue weighted by Crippen LogP contribution is -2.18. The molecule has 0 aliphatic heterocycles. The highest BCUT2D eigenvalue weighted by Gasteiger charge is 2.05. The molecule has 0 aliphatic rings. The molecule has 0 aliphatic carbocycles. The van der Waals surface area contributed by atoms with Gasteiger partial charge in [-0.05, 0) is 23.8 Å². The Balaban J connectivity index is 3.12. The van der Waals surface area contributed by atoms with Crippen LogP contribution in [0.15, 0.2) is 24.3 Å². The van der Waals surface area contributed by atoms with Gasteiger partial charge in [0.25, 0.3) is 0 Å². The van der Waals surface area contributed by atoms with Crippen molar-refractivity contribution >= 4 is 29.3 Å². The lowest BCUT2D eigenvalue weighted by Gasteiger charge is -2.19. The Kier molecular flexibility index (Phi) is 4.62. The Morgan fingerprint density at radius 1 is 1.65 bits per heavy atom. The van der Waals surface area contributed by atoms with Crippen LogP contribution in [0.1, 0.15) is 5.56 Å². The zero-order chi connectivity index (χ0) is 12.8. The molecule has 0 saturated carbocycles. The number of aliphatic carboxylic acids is 1. The summed E-state index contributed by atoms with van der Waals surface area (Å²) < 4.78 is 0. The molecule has 0 amide bonds. The van der Waals surface area contributed by atoms with Crippen LogP contribution in [0.5, 0.6) is 0 Å². The van der Waals surface area contributed by atoms with Gasteiger partial charge in [-0.3, -0.25) is 0 Å². The van der Waals surface area contributed by atoms with Gasteiger partial charge in [0.2, 0.25) is 0 Å². The predicted octanol–water partition coefficient (Wildman–Crippen LogP) is 2.51. The molecule has 4 heteroatoms. The topological polar surface area (TPSA) is 40.5 Å². The van der Waals surface area contributed by atoms with Crippen LogP contribution in [-0.4, -0.2) is 24.7 Å². The summed E-state index contributed by atoms with van der Waals surface area (Å²) in [5, 5.41) is 9.18. The summed E-state index contributed by atoms with van der Waals surface area (Å²) in [6, 6.07) is 5.21. The second kappa shape index (κ2) is 5.97. The maximum atomic E-state index is 10.5. The molecule has 3 nitrogen and oxygen atoms in total. The molecule has 1 rings (SSSR count). The molecule has 1 aromatic carbocycles. The zero-order valence-corrected chi connectivity index (χ0v) is 10.1. The van der Waals surface area contributed by atoms with E-state index < -0.39 is 5.97 Å². The third-order valence-electron chi connectivity index (χ3n) is 2.14. The van der Waals surface area contributed by atoms with Crippen LogP contribution >= 0.6 is 11.6 Å². The van der Waals surface area contributed by atoms with Crippen molar-refractivity contribution < 1.29 is 9.90 Å².